The highest BCUT2D eigenvalue weighted by molar-refractivity contribution is 7.98. The summed E-state index contributed by atoms with van der Waals surface area (Å²) in [6, 6.07) is 7.64. The summed E-state index contributed by atoms with van der Waals surface area (Å²) in [5, 5.41) is 5.30. The lowest BCUT2D eigenvalue weighted by Gasteiger charge is -2.25. The average molecular weight is 411 g/mol. The summed E-state index contributed by atoms with van der Waals surface area (Å²) in [5.41, 5.74) is 0.183. The second-order valence-corrected chi connectivity index (χ2v) is 8.24. The molecule has 8 heteroatoms. The molecule has 0 aromatic heterocycles. The number of carbonyl (C=O) groups excluding carboxylic acids is 3. The summed E-state index contributed by atoms with van der Waals surface area (Å²) in [6.45, 7) is 5.23. The van der Waals surface area contributed by atoms with Crippen molar-refractivity contribution in [3.8, 4) is 0 Å². The Morgan fingerprint density at radius 3 is 2.25 bits per heavy atom. The van der Waals surface area contributed by atoms with Gasteiger partial charge in [-0.05, 0) is 44.8 Å². The van der Waals surface area contributed by atoms with Crippen LogP contribution in [0.25, 0.3) is 0 Å². The van der Waals surface area contributed by atoms with Crippen LogP contribution in [0.3, 0.4) is 0 Å². The third-order valence-corrected chi connectivity index (χ3v) is 4.35. The molecule has 2 amide bonds. The van der Waals surface area contributed by atoms with Crippen molar-refractivity contribution in [1.29, 1.82) is 0 Å². The highest BCUT2D eigenvalue weighted by atomic mass is 32.2. The molecule has 0 aliphatic heterocycles. The van der Waals surface area contributed by atoms with Gasteiger partial charge >= 0.3 is 12.1 Å². The molecule has 28 heavy (non-hydrogen) atoms. The van der Waals surface area contributed by atoms with E-state index in [2.05, 4.69) is 10.6 Å². The minimum atomic E-state index is -0.890. The van der Waals surface area contributed by atoms with Crippen molar-refractivity contribution in [2.45, 2.75) is 51.3 Å². The van der Waals surface area contributed by atoms with E-state index in [0.717, 1.165) is 5.56 Å². The van der Waals surface area contributed by atoms with Gasteiger partial charge in [-0.2, -0.15) is 11.8 Å². The van der Waals surface area contributed by atoms with Crippen LogP contribution in [-0.4, -0.2) is 54.8 Å². The summed E-state index contributed by atoms with van der Waals surface area (Å²) in [5.74, 6) is -0.299. The topological polar surface area (TPSA) is 93.7 Å². The highest BCUT2D eigenvalue weighted by Gasteiger charge is 2.28. The normalized spacial score (nSPS) is 13.2. The largest absolute Gasteiger partial charge is 0.467 e. The Morgan fingerprint density at radius 2 is 1.71 bits per heavy atom. The number of methoxy groups -OCH3 is 1. The van der Waals surface area contributed by atoms with Crippen LogP contribution in [0.4, 0.5) is 4.79 Å². The fraction of sp³-hybridized carbons (Fsp3) is 0.550. The molecule has 7 nitrogen and oxygen atoms in total. The Morgan fingerprint density at radius 1 is 1.07 bits per heavy atom. The molecular weight excluding hydrogens is 380 g/mol. The number of carbonyl (C=O) groups is 3. The zero-order chi connectivity index (χ0) is 21.2. The Bertz CT molecular complexity index is 646. The Balaban J connectivity index is 2.92. The smallest absolute Gasteiger partial charge is 0.408 e. The number of ether oxygens (including phenoxy) is 2. The van der Waals surface area contributed by atoms with Gasteiger partial charge in [-0.25, -0.2) is 9.59 Å². The summed E-state index contributed by atoms with van der Waals surface area (Å²) in [7, 11) is 1.28. The highest BCUT2D eigenvalue weighted by Crippen LogP contribution is 2.10. The van der Waals surface area contributed by atoms with E-state index in [1.807, 2.05) is 36.6 Å². The number of thioether (sulfide) groups is 1. The van der Waals surface area contributed by atoms with E-state index >= 15 is 0 Å². The van der Waals surface area contributed by atoms with Crippen molar-refractivity contribution >= 4 is 29.7 Å². The fourth-order valence-corrected chi connectivity index (χ4v) is 2.88. The molecule has 0 unspecified atom stereocenters. The minimum absolute atomic E-state index is 0.266. The van der Waals surface area contributed by atoms with Gasteiger partial charge in [0.2, 0.25) is 5.91 Å². The van der Waals surface area contributed by atoms with Gasteiger partial charge in [0.05, 0.1) is 7.11 Å². The zero-order valence-corrected chi connectivity index (χ0v) is 17.9. The molecular formula is C20H30N2O5S. The van der Waals surface area contributed by atoms with Crippen molar-refractivity contribution in [1.82, 2.24) is 10.6 Å². The van der Waals surface area contributed by atoms with Gasteiger partial charge in [0.25, 0.3) is 0 Å². The van der Waals surface area contributed by atoms with E-state index in [9.17, 15) is 14.4 Å². The Hall–Kier alpha value is -2.22. The average Bonchev–Trinajstić information content (AvgIpc) is 2.63. The summed E-state index contributed by atoms with van der Waals surface area (Å²) in [4.78, 5) is 37.0. The third-order valence-electron chi connectivity index (χ3n) is 3.70. The second kappa shape index (κ2) is 11.6. The third kappa shape index (κ3) is 9.12. The molecule has 0 saturated heterocycles. The van der Waals surface area contributed by atoms with Gasteiger partial charge in [-0.1, -0.05) is 30.3 Å². The Kier molecular flexibility index (Phi) is 9.85. The van der Waals surface area contributed by atoms with E-state index in [-0.39, 0.29) is 6.42 Å². The monoisotopic (exact) mass is 410 g/mol. The lowest BCUT2D eigenvalue weighted by molar-refractivity contribution is -0.145. The molecule has 156 valence electrons. The lowest BCUT2D eigenvalue weighted by atomic mass is 10.0. The quantitative estimate of drug-likeness (QED) is 0.608. The molecule has 0 aliphatic carbocycles. The van der Waals surface area contributed by atoms with Crippen molar-refractivity contribution in [3.05, 3.63) is 35.9 Å². The number of esters is 1. The molecule has 0 aliphatic rings. The van der Waals surface area contributed by atoms with Crippen LogP contribution in [0.2, 0.25) is 0 Å². The number of amides is 2. The van der Waals surface area contributed by atoms with Gasteiger partial charge in [0.15, 0.2) is 0 Å². The molecule has 0 bridgehead atoms. The zero-order valence-electron chi connectivity index (χ0n) is 17.1. The molecule has 1 rings (SSSR count). The number of hydrogen-bond acceptors (Lipinski definition) is 6. The summed E-state index contributed by atoms with van der Waals surface area (Å²) in [6.07, 6.45) is 1.92. The molecule has 0 spiro atoms. The standard InChI is InChI=1S/C20H30N2O5S/c1-20(2,3)27-19(25)22-16(13-14-9-7-6-8-10-14)17(23)21-15(11-12-28-5)18(24)26-4/h6-10,15-16H,11-13H2,1-5H3,(H,21,23)(H,22,25)/t15-,16-/m0/s1. The first kappa shape index (κ1) is 23.8. The van der Waals surface area contributed by atoms with Gasteiger partial charge in [-0.3, -0.25) is 4.79 Å². The number of alkyl carbamates (subject to hydrolysis) is 1. The summed E-state index contributed by atoms with van der Waals surface area (Å²) >= 11 is 1.56. The van der Waals surface area contributed by atoms with Gasteiger partial charge < -0.3 is 20.1 Å². The molecule has 0 saturated carbocycles. The van der Waals surface area contributed by atoms with Gasteiger partial charge in [0.1, 0.15) is 17.7 Å². The fourth-order valence-electron chi connectivity index (χ4n) is 2.41. The van der Waals surface area contributed by atoms with Crippen molar-refractivity contribution < 1.29 is 23.9 Å². The first-order valence-electron chi connectivity index (χ1n) is 9.07. The van der Waals surface area contributed by atoms with Gasteiger partial charge in [0, 0.05) is 6.42 Å². The number of rotatable bonds is 9. The molecule has 2 N–H and O–H groups in total. The van der Waals surface area contributed by atoms with E-state index in [0.29, 0.717) is 12.2 Å². The second-order valence-electron chi connectivity index (χ2n) is 7.25. The van der Waals surface area contributed by atoms with Crippen LogP contribution in [0.15, 0.2) is 30.3 Å². The van der Waals surface area contributed by atoms with Crippen LogP contribution in [0.1, 0.15) is 32.8 Å². The minimum Gasteiger partial charge on any atom is -0.467 e. The summed E-state index contributed by atoms with van der Waals surface area (Å²) < 4.78 is 10.0. The van der Waals surface area contributed by atoms with Crippen molar-refractivity contribution in [2.75, 3.05) is 19.1 Å². The van der Waals surface area contributed by atoms with Crippen LogP contribution in [0.5, 0.6) is 0 Å². The van der Waals surface area contributed by atoms with Crippen molar-refractivity contribution in [3.63, 3.8) is 0 Å². The van der Waals surface area contributed by atoms with Gasteiger partial charge in [-0.15, -0.1) is 0 Å². The maximum atomic E-state index is 12.8. The van der Waals surface area contributed by atoms with Crippen LogP contribution >= 0.6 is 11.8 Å². The van der Waals surface area contributed by atoms with E-state index in [4.69, 9.17) is 9.47 Å². The first-order valence-corrected chi connectivity index (χ1v) is 10.5. The Labute approximate surface area is 170 Å². The molecule has 0 heterocycles. The van der Waals surface area contributed by atoms with E-state index < -0.39 is 35.7 Å². The first-order chi connectivity index (χ1) is 13.2. The molecule has 0 fully saturated rings. The maximum Gasteiger partial charge on any atom is 0.408 e. The molecule has 0 radical (unpaired) electrons. The van der Waals surface area contributed by atoms with Crippen LogP contribution < -0.4 is 10.6 Å². The SMILES string of the molecule is COC(=O)[C@H](CCSC)NC(=O)[C@H](Cc1ccccc1)NC(=O)OC(C)(C)C. The number of benzene rings is 1. The predicted octanol–water partition coefficient (Wildman–Crippen LogP) is 2.53. The molecule has 1 aromatic rings. The van der Waals surface area contributed by atoms with Crippen molar-refractivity contribution in [2.24, 2.45) is 0 Å². The van der Waals surface area contributed by atoms with E-state index in [1.54, 1.807) is 32.5 Å². The van der Waals surface area contributed by atoms with Crippen LogP contribution in [-0.2, 0) is 25.5 Å². The van der Waals surface area contributed by atoms with E-state index in [1.165, 1.54) is 7.11 Å². The van der Waals surface area contributed by atoms with Crippen LogP contribution in [0, 0.1) is 0 Å². The lowest BCUT2D eigenvalue weighted by Crippen LogP contribution is -2.53. The predicted molar refractivity (Wildman–Crippen MR) is 110 cm³/mol. The molecule has 1 aromatic carbocycles. The molecule has 2 atom stereocenters. The maximum absolute atomic E-state index is 12.8. The number of nitrogens with one attached hydrogen (secondary N) is 2. The number of hydrogen-bond donors (Lipinski definition) is 2.